The van der Waals surface area contributed by atoms with Crippen molar-refractivity contribution < 1.29 is 19.1 Å². The van der Waals surface area contributed by atoms with Crippen LogP contribution >= 0.6 is 24.0 Å². The second-order valence-corrected chi connectivity index (χ2v) is 9.62. The standard InChI is InChI=1S/C22H41N5O4.HI/c1-16(2)18(25-21(29)31-22(3,4)5)15-24-20(23-6)27-9-7-17(8-10-27)19(28)26-11-13-30-14-12-26;/h16-18H,7-15H2,1-6H3,(H,23,24)(H,25,29);1H. The Bertz CT molecular complexity index is 624. The summed E-state index contributed by atoms with van der Waals surface area (Å²) >= 11 is 0. The van der Waals surface area contributed by atoms with Gasteiger partial charge in [0.25, 0.3) is 0 Å². The predicted octanol–water partition coefficient (Wildman–Crippen LogP) is 2.30. The first-order valence-electron chi connectivity index (χ1n) is 11.4. The molecule has 2 aliphatic rings. The minimum Gasteiger partial charge on any atom is -0.444 e. The smallest absolute Gasteiger partial charge is 0.407 e. The Balaban J connectivity index is 0.00000512. The summed E-state index contributed by atoms with van der Waals surface area (Å²) in [4.78, 5) is 33.5. The molecule has 2 fully saturated rings. The van der Waals surface area contributed by atoms with Crippen LogP contribution in [0, 0.1) is 11.8 Å². The van der Waals surface area contributed by atoms with Gasteiger partial charge in [0.2, 0.25) is 5.91 Å². The molecule has 0 radical (unpaired) electrons. The van der Waals surface area contributed by atoms with E-state index in [-0.39, 0.29) is 47.8 Å². The van der Waals surface area contributed by atoms with Gasteiger partial charge < -0.3 is 29.9 Å². The van der Waals surface area contributed by atoms with Gasteiger partial charge in [-0.1, -0.05) is 13.8 Å². The minimum atomic E-state index is -0.530. The number of morpholine rings is 1. The summed E-state index contributed by atoms with van der Waals surface area (Å²) in [7, 11) is 1.76. The lowest BCUT2D eigenvalue weighted by molar-refractivity contribution is -0.140. The van der Waals surface area contributed by atoms with Crippen LogP contribution in [0.25, 0.3) is 0 Å². The quantitative estimate of drug-likeness (QED) is 0.301. The van der Waals surface area contributed by atoms with E-state index in [1.165, 1.54) is 0 Å². The van der Waals surface area contributed by atoms with Crippen LogP contribution < -0.4 is 10.6 Å². The summed E-state index contributed by atoms with van der Waals surface area (Å²) in [5.41, 5.74) is -0.530. The number of nitrogens with one attached hydrogen (secondary N) is 2. The van der Waals surface area contributed by atoms with Crippen molar-refractivity contribution in [2.45, 2.75) is 59.1 Å². The van der Waals surface area contributed by atoms with Crippen molar-refractivity contribution in [3.05, 3.63) is 0 Å². The maximum Gasteiger partial charge on any atom is 0.407 e. The van der Waals surface area contributed by atoms with E-state index in [1.807, 2.05) is 25.7 Å². The lowest BCUT2D eigenvalue weighted by Gasteiger charge is -2.37. The number of likely N-dealkylation sites (tertiary alicyclic amines) is 1. The number of hydrogen-bond donors (Lipinski definition) is 2. The Hall–Kier alpha value is -1.30. The lowest BCUT2D eigenvalue weighted by atomic mass is 9.95. The Morgan fingerprint density at radius 2 is 1.69 bits per heavy atom. The fourth-order valence-electron chi connectivity index (χ4n) is 3.83. The maximum atomic E-state index is 12.7. The predicted molar refractivity (Wildman–Crippen MR) is 136 cm³/mol. The first-order chi connectivity index (χ1) is 14.6. The number of ether oxygens (including phenoxy) is 2. The SMILES string of the molecule is CN=C(NCC(NC(=O)OC(C)(C)C)C(C)C)N1CCC(C(=O)N2CCOCC2)CC1.I. The third-order valence-electron chi connectivity index (χ3n) is 5.67. The largest absolute Gasteiger partial charge is 0.444 e. The van der Waals surface area contributed by atoms with E-state index in [0.717, 1.165) is 31.9 Å². The third-order valence-corrected chi connectivity index (χ3v) is 5.67. The Morgan fingerprint density at radius 3 is 2.19 bits per heavy atom. The highest BCUT2D eigenvalue weighted by Crippen LogP contribution is 2.20. The Labute approximate surface area is 210 Å². The van der Waals surface area contributed by atoms with Crippen molar-refractivity contribution in [2.24, 2.45) is 16.8 Å². The van der Waals surface area contributed by atoms with Crippen LogP contribution in [0.2, 0.25) is 0 Å². The van der Waals surface area contributed by atoms with E-state index in [4.69, 9.17) is 9.47 Å². The molecule has 0 bridgehead atoms. The molecule has 0 saturated carbocycles. The summed E-state index contributed by atoms with van der Waals surface area (Å²) in [5, 5.41) is 6.35. The van der Waals surface area contributed by atoms with Gasteiger partial charge in [-0.25, -0.2) is 4.79 Å². The number of nitrogens with zero attached hydrogens (tertiary/aromatic N) is 3. The van der Waals surface area contributed by atoms with Crippen LogP contribution in [0.15, 0.2) is 4.99 Å². The van der Waals surface area contributed by atoms with Crippen LogP contribution in [-0.4, -0.2) is 92.4 Å². The number of halogens is 1. The van der Waals surface area contributed by atoms with Gasteiger partial charge in [0, 0.05) is 45.7 Å². The van der Waals surface area contributed by atoms with E-state index >= 15 is 0 Å². The van der Waals surface area contributed by atoms with E-state index < -0.39 is 11.7 Å². The van der Waals surface area contributed by atoms with Gasteiger partial charge in [0.1, 0.15) is 5.60 Å². The molecule has 1 atom stereocenters. The fourth-order valence-corrected chi connectivity index (χ4v) is 3.83. The summed E-state index contributed by atoms with van der Waals surface area (Å²) in [6, 6.07) is -0.0907. The molecule has 0 spiro atoms. The second-order valence-electron chi connectivity index (χ2n) is 9.62. The molecule has 0 aromatic heterocycles. The normalized spacial score (nSPS) is 19.3. The minimum absolute atomic E-state index is 0. The molecular formula is C22H42IN5O4. The average Bonchev–Trinajstić information content (AvgIpc) is 2.72. The fraction of sp³-hybridized carbons (Fsp3) is 0.864. The van der Waals surface area contributed by atoms with Gasteiger partial charge in [0.05, 0.1) is 19.3 Å². The van der Waals surface area contributed by atoms with Crippen molar-refractivity contribution in [3.8, 4) is 0 Å². The number of guanidine groups is 1. The Kier molecular flexibility index (Phi) is 12.0. The summed E-state index contributed by atoms with van der Waals surface area (Å²) < 4.78 is 10.7. The molecule has 32 heavy (non-hydrogen) atoms. The lowest BCUT2D eigenvalue weighted by Crippen LogP contribution is -2.53. The number of carbonyl (C=O) groups excluding carboxylic acids is 2. The van der Waals surface area contributed by atoms with Gasteiger partial charge in [-0.15, -0.1) is 24.0 Å². The van der Waals surface area contributed by atoms with Crippen LogP contribution in [0.4, 0.5) is 4.79 Å². The highest BCUT2D eigenvalue weighted by molar-refractivity contribution is 14.0. The number of rotatable bonds is 5. The van der Waals surface area contributed by atoms with Crippen molar-refractivity contribution in [1.29, 1.82) is 0 Å². The van der Waals surface area contributed by atoms with Gasteiger partial charge in [-0.05, 0) is 39.5 Å². The van der Waals surface area contributed by atoms with Gasteiger partial charge in [0.15, 0.2) is 5.96 Å². The van der Waals surface area contributed by atoms with E-state index in [0.29, 0.717) is 32.8 Å². The molecule has 10 heteroatoms. The second kappa shape index (κ2) is 13.4. The zero-order valence-corrected chi connectivity index (χ0v) is 22.8. The number of aliphatic imine (C=N–C) groups is 1. The number of alkyl carbamates (subject to hydrolysis) is 1. The molecule has 2 amide bonds. The van der Waals surface area contributed by atoms with Crippen molar-refractivity contribution >= 4 is 41.9 Å². The van der Waals surface area contributed by atoms with E-state index in [1.54, 1.807) is 7.05 Å². The molecule has 2 saturated heterocycles. The molecule has 1 unspecified atom stereocenters. The van der Waals surface area contributed by atoms with Gasteiger partial charge in [-0.3, -0.25) is 9.79 Å². The number of carbonyl (C=O) groups is 2. The average molecular weight is 568 g/mol. The number of piperidine rings is 1. The molecule has 2 N–H and O–H groups in total. The zero-order valence-electron chi connectivity index (χ0n) is 20.5. The first kappa shape index (κ1) is 28.7. The highest BCUT2D eigenvalue weighted by atomic mass is 127. The molecule has 0 aromatic carbocycles. The molecule has 2 heterocycles. The van der Waals surface area contributed by atoms with Crippen molar-refractivity contribution in [3.63, 3.8) is 0 Å². The number of hydrogen-bond acceptors (Lipinski definition) is 5. The highest BCUT2D eigenvalue weighted by Gasteiger charge is 2.30. The summed E-state index contributed by atoms with van der Waals surface area (Å²) in [6.45, 7) is 14.5. The topological polar surface area (TPSA) is 95.5 Å². The van der Waals surface area contributed by atoms with Gasteiger partial charge >= 0.3 is 6.09 Å². The molecule has 2 aliphatic heterocycles. The van der Waals surface area contributed by atoms with Gasteiger partial charge in [-0.2, -0.15) is 0 Å². The molecule has 9 nitrogen and oxygen atoms in total. The number of amides is 2. The molecule has 0 aromatic rings. The van der Waals surface area contributed by atoms with Crippen LogP contribution in [-0.2, 0) is 14.3 Å². The van der Waals surface area contributed by atoms with E-state index in [2.05, 4.69) is 34.4 Å². The first-order valence-corrected chi connectivity index (χ1v) is 11.4. The van der Waals surface area contributed by atoms with Crippen LogP contribution in [0.1, 0.15) is 47.5 Å². The third kappa shape index (κ3) is 9.29. The molecule has 2 rings (SSSR count). The summed E-state index contributed by atoms with van der Waals surface area (Å²) in [5.74, 6) is 1.36. The van der Waals surface area contributed by atoms with Crippen LogP contribution in [0.3, 0.4) is 0 Å². The molecule has 186 valence electrons. The van der Waals surface area contributed by atoms with E-state index in [9.17, 15) is 9.59 Å². The van der Waals surface area contributed by atoms with Crippen LogP contribution in [0.5, 0.6) is 0 Å². The maximum absolute atomic E-state index is 12.7. The summed E-state index contributed by atoms with van der Waals surface area (Å²) in [6.07, 6.45) is 1.23. The Morgan fingerprint density at radius 1 is 1.09 bits per heavy atom. The molecular weight excluding hydrogens is 525 g/mol. The van der Waals surface area contributed by atoms with Crippen molar-refractivity contribution in [1.82, 2.24) is 20.4 Å². The monoisotopic (exact) mass is 567 g/mol. The molecule has 0 aliphatic carbocycles. The van der Waals surface area contributed by atoms with Crippen molar-refractivity contribution in [2.75, 3.05) is 53.0 Å². The zero-order chi connectivity index (χ0) is 23.0.